The van der Waals surface area contributed by atoms with Crippen molar-refractivity contribution < 1.29 is 9.32 Å². The van der Waals surface area contributed by atoms with Crippen LogP contribution in [0.25, 0.3) is 0 Å². The van der Waals surface area contributed by atoms with Gasteiger partial charge >= 0.3 is 6.01 Å². The number of aryl methyl sites for hydroxylation is 2. The molecule has 1 saturated carbocycles. The number of hydrogen-bond donors (Lipinski definition) is 1. The summed E-state index contributed by atoms with van der Waals surface area (Å²) < 4.78 is 6.59. The fourth-order valence-electron chi connectivity index (χ4n) is 1.99. The fourth-order valence-corrected chi connectivity index (χ4v) is 1.99. The second-order valence-electron chi connectivity index (χ2n) is 4.50. The average molecular weight is 247 g/mol. The number of anilines is 1. The van der Waals surface area contributed by atoms with Gasteiger partial charge < -0.3 is 4.52 Å². The Labute approximate surface area is 103 Å². The standard InChI is InChI=1S/C11H13N5O2/c1-6-12-11(18-15-6)13-10(17)8-5-7(8)9-3-4-16(2)14-9/h3-4,7-8H,5H2,1-2H3,(H,12,13,15,17)/t7-,8-/m1/s1. The van der Waals surface area contributed by atoms with Gasteiger partial charge in [-0.15, -0.1) is 0 Å². The maximum atomic E-state index is 11.9. The molecule has 0 spiro atoms. The van der Waals surface area contributed by atoms with Crippen LogP contribution in [0.3, 0.4) is 0 Å². The van der Waals surface area contributed by atoms with Gasteiger partial charge in [0.1, 0.15) is 0 Å². The largest absolute Gasteiger partial charge is 0.328 e. The molecule has 0 bridgehead atoms. The molecule has 3 rings (SSSR count). The van der Waals surface area contributed by atoms with E-state index in [1.54, 1.807) is 11.6 Å². The Morgan fingerprint density at radius 1 is 1.61 bits per heavy atom. The van der Waals surface area contributed by atoms with Gasteiger partial charge in [-0.25, -0.2) is 0 Å². The highest BCUT2D eigenvalue weighted by Gasteiger charge is 2.45. The van der Waals surface area contributed by atoms with Gasteiger partial charge in [0, 0.05) is 25.1 Å². The topological polar surface area (TPSA) is 85.8 Å². The Hall–Kier alpha value is -2.18. The van der Waals surface area contributed by atoms with Crippen LogP contribution >= 0.6 is 0 Å². The molecule has 1 amide bonds. The van der Waals surface area contributed by atoms with Crippen LogP contribution in [0.5, 0.6) is 0 Å². The van der Waals surface area contributed by atoms with E-state index in [1.807, 2.05) is 19.3 Å². The lowest BCUT2D eigenvalue weighted by Gasteiger charge is -1.97. The molecule has 0 aromatic carbocycles. The van der Waals surface area contributed by atoms with E-state index >= 15 is 0 Å². The zero-order chi connectivity index (χ0) is 12.7. The summed E-state index contributed by atoms with van der Waals surface area (Å²) in [5.41, 5.74) is 0.958. The third-order valence-electron chi connectivity index (χ3n) is 3.00. The molecule has 0 unspecified atom stereocenters. The van der Waals surface area contributed by atoms with Gasteiger partial charge in [-0.2, -0.15) is 10.1 Å². The van der Waals surface area contributed by atoms with E-state index in [-0.39, 0.29) is 23.8 Å². The van der Waals surface area contributed by atoms with Gasteiger partial charge in [0.05, 0.1) is 5.69 Å². The molecule has 1 aliphatic rings. The molecule has 1 aliphatic carbocycles. The minimum absolute atomic E-state index is 0.0490. The van der Waals surface area contributed by atoms with Crippen molar-refractivity contribution in [2.75, 3.05) is 5.32 Å². The first-order chi connectivity index (χ1) is 8.63. The Balaban J connectivity index is 1.62. The zero-order valence-corrected chi connectivity index (χ0v) is 10.1. The maximum absolute atomic E-state index is 11.9. The summed E-state index contributed by atoms with van der Waals surface area (Å²) >= 11 is 0. The monoisotopic (exact) mass is 247 g/mol. The summed E-state index contributed by atoms with van der Waals surface area (Å²) in [6.45, 7) is 1.70. The number of nitrogens with zero attached hydrogens (tertiary/aromatic N) is 4. The average Bonchev–Trinajstić information content (AvgIpc) is 2.86. The van der Waals surface area contributed by atoms with Gasteiger partial charge in [0.15, 0.2) is 5.82 Å². The highest BCUT2D eigenvalue weighted by molar-refractivity contribution is 5.93. The summed E-state index contributed by atoms with van der Waals surface area (Å²) in [5.74, 6) is 0.569. The molecule has 2 atom stereocenters. The van der Waals surface area contributed by atoms with Crippen molar-refractivity contribution >= 4 is 11.9 Å². The normalized spacial score (nSPS) is 21.9. The molecule has 1 N–H and O–H groups in total. The molecule has 94 valence electrons. The highest BCUT2D eigenvalue weighted by atomic mass is 16.5. The molecule has 0 aliphatic heterocycles. The lowest BCUT2D eigenvalue weighted by molar-refractivity contribution is -0.117. The molecule has 1 fully saturated rings. The third kappa shape index (κ3) is 1.99. The van der Waals surface area contributed by atoms with E-state index < -0.39 is 0 Å². The molecular formula is C11H13N5O2. The van der Waals surface area contributed by atoms with E-state index in [0.717, 1.165) is 12.1 Å². The minimum Gasteiger partial charge on any atom is -0.315 e. The van der Waals surface area contributed by atoms with Crippen LogP contribution in [-0.2, 0) is 11.8 Å². The number of amides is 1. The molecule has 7 heteroatoms. The minimum atomic E-state index is -0.0886. The van der Waals surface area contributed by atoms with E-state index in [2.05, 4.69) is 20.6 Å². The Morgan fingerprint density at radius 2 is 2.44 bits per heavy atom. The first-order valence-corrected chi connectivity index (χ1v) is 5.74. The van der Waals surface area contributed by atoms with Gasteiger partial charge in [-0.3, -0.25) is 14.8 Å². The van der Waals surface area contributed by atoms with Gasteiger partial charge in [-0.05, 0) is 19.4 Å². The Kier molecular flexibility index (Phi) is 2.39. The molecule has 2 aromatic heterocycles. The number of rotatable bonds is 3. The van der Waals surface area contributed by atoms with E-state index in [9.17, 15) is 4.79 Å². The van der Waals surface area contributed by atoms with Crippen molar-refractivity contribution in [3.8, 4) is 0 Å². The summed E-state index contributed by atoms with van der Waals surface area (Å²) in [6, 6.07) is 2.10. The van der Waals surface area contributed by atoms with Crippen LogP contribution in [0.4, 0.5) is 6.01 Å². The van der Waals surface area contributed by atoms with E-state index in [1.165, 1.54) is 0 Å². The summed E-state index contributed by atoms with van der Waals surface area (Å²) in [4.78, 5) is 15.8. The van der Waals surface area contributed by atoms with Crippen molar-refractivity contribution in [3.63, 3.8) is 0 Å². The van der Waals surface area contributed by atoms with Crippen LogP contribution in [0, 0.1) is 12.8 Å². The fraction of sp³-hybridized carbons (Fsp3) is 0.455. The Bertz CT molecular complexity index is 588. The van der Waals surface area contributed by atoms with Crippen LogP contribution in [0.15, 0.2) is 16.8 Å². The molecule has 7 nitrogen and oxygen atoms in total. The van der Waals surface area contributed by atoms with Gasteiger partial charge in [-0.1, -0.05) is 5.16 Å². The molecule has 0 radical (unpaired) electrons. The number of aromatic nitrogens is 4. The second kappa shape index (κ2) is 3.94. The van der Waals surface area contributed by atoms with E-state index in [0.29, 0.717) is 5.82 Å². The summed E-state index contributed by atoms with van der Waals surface area (Å²) in [5, 5.41) is 10.5. The van der Waals surface area contributed by atoms with Gasteiger partial charge in [0.25, 0.3) is 0 Å². The molecular weight excluding hydrogens is 234 g/mol. The van der Waals surface area contributed by atoms with Crippen LogP contribution in [0.1, 0.15) is 23.9 Å². The number of nitrogens with one attached hydrogen (secondary N) is 1. The first kappa shape index (κ1) is 10.9. The highest BCUT2D eigenvalue weighted by Crippen LogP contribution is 2.47. The number of hydrogen-bond acceptors (Lipinski definition) is 5. The molecule has 2 heterocycles. The van der Waals surface area contributed by atoms with Crippen molar-refractivity contribution in [2.24, 2.45) is 13.0 Å². The van der Waals surface area contributed by atoms with Crippen LogP contribution < -0.4 is 5.32 Å². The quantitative estimate of drug-likeness (QED) is 0.869. The predicted octanol–water partition coefficient (Wildman–Crippen LogP) is 0.854. The van der Waals surface area contributed by atoms with E-state index in [4.69, 9.17) is 4.52 Å². The third-order valence-corrected chi connectivity index (χ3v) is 3.00. The Morgan fingerprint density at radius 3 is 3.06 bits per heavy atom. The molecule has 18 heavy (non-hydrogen) atoms. The molecule has 0 saturated heterocycles. The second-order valence-corrected chi connectivity index (χ2v) is 4.50. The zero-order valence-electron chi connectivity index (χ0n) is 10.1. The molecule has 2 aromatic rings. The van der Waals surface area contributed by atoms with Crippen LogP contribution in [0.2, 0.25) is 0 Å². The predicted molar refractivity (Wildman–Crippen MR) is 61.7 cm³/mol. The van der Waals surface area contributed by atoms with Crippen molar-refractivity contribution in [1.29, 1.82) is 0 Å². The number of carbonyl (C=O) groups excluding carboxylic acids is 1. The SMILES string of the molecule is Cc1noc(NC(=O)[C@@H]2C[C@H]2c2ccn(C)n2)n1. The summed E-state index contributed by atoms with van der Waals surface area (Å²) in [7, 11) is 1.86. The summed E-state index contributed by atoms with van der Waals surface area (Å²) in [6.07, 6.45) is 2.69. The van der Waals surface area contributed by atoms with Crippen molar-refractivity contribution in [2.45, 2.75) is 19.3 Å². The lowest BCUT2D eigenvalue weighted by atomic mass is 10.2. The number of carbonyl (C=O) groups is 1. The smallest absolute Gasteiger partial charge is 0.315 e. The van der Waals surface area contributed by atoms with Crippen molar-refractivity contribution in [3.05, 3.63) is 23.8 Å². The van der Waals surface area contributed by atoms with Crippen molar-refractivity contribution in [1.82, 2.24) is 19.9 Å². The first-order valence-electron chi connectivity index (χ1n) is 5.74. The lowest BCUT2D eigenvalue weighted by Crippen LogP contribution is -2.14. The van der Waals surface area contributed by atoms with Gasteiger partial charge in [0.2, 0.25) is 5.91 Å². The van der Waals surface area contributed by atoms with Crippen LogP contribution in [-0.4, -0.2) is 25.8 Å². The maximum Gasteiger partial charge on any atom is 0.328 e.